The SMILES string of the molecule is CC(C)(C)OCC(=O)Nc1ccccc1OCC(=O)O. The molecule has 0 heterocycles. The van der Waals surface area contributed by atoms with Crippen LogP contribution in [0.25, 0.3) is 0 Å². The molecular formula is C14H19NO5. The van der Waals surface area contributed by atoms with Gasteiger partial charge in [0.2, 0.25) is 5.91 Å². The number of para-hydroxylation sites is 2. The van der Waals surface area contributed by atoms with Crippen LogP contribution in [0.15, 0.2) is 24.3 Å². The molecule has 0 radical (unpaired) electrons. The first-order valence-electron chi connectivity index (χ1n) is 6.15. The fourth-order valence-electron chi connectivity index (χ4n) is 1.30. The molecule has 0 bridgehead atoms. The van der Waals surface area contributed by atoms with Crippen molar-refractivity contribution < 1.29 is 24.2 Å². The van der Waals surface area contributed by atoms with Crippen molar-refractivity contribution in [1.82, 2.24) is 0 Å². The molecule has 1 aromatic carbocycles. The predicted molar refractivity (Wildman–Crippen MR) is 73.9 cm³/mol. The lowest BCUT2D eigenvalue weighted by Crippen LogP contribution is -2.27. The molecule has 1 aromatic rings. The van der Waals surface area contributed by atoms with E-state index in [4.69, 9.17) is 14.6 Å². The maximum absolute atomic E-state index is 11.7. The number of nitrogens with one attached hydrogen (secondary N) is 1. The molecule has 20 heavy (non-hydrogen) atoms. The number of hydrogen-bond acceptors (Lipinski definition) is 4. The normalized spacial score (nSPS) is 10.9. The quantitative estimate of drug-likeness (QED) is 0.832. The van der Waals surface area contributed by atoms with Gasteiger partial charge in [-0.2, -0.15) is 0 Å². The average molecular weight is 281 g/mol. The number of anilines is 1. The van der Waals surface area contributed by atoms with Crippen LogP contribution in [0.2, 0.25) is 0 Å². The van der Waals surface area contributed by atoms with Crippen molar-refractivity contribution in [3.8, 4) is 5.75 Å². The van der Waals surface area contributed by atoms with Crippen molar-refractivity contribution in [3.05, 3.63) is 24.3 Å². The highest BCUT2D eigenvalue weighted by Gasteiger charge is 2.14. The fraction of sp³-hybridized carbons (Fsp3) is 0.429. The lowest BCUT2D eigenvalue weighted by atomic mass is 10.2. The van der Waals surface area contributed by atoms with Crippen molar-refractivity contribution in [2.45, 2.75) is 26.4 Å². The third kappa shape index (κ3) is 6.19. The number of aliphatic carboxylic acids is 1. The van der Waals surface area contributed by atoms with Crippen molar-refractivity contribution in [3.63, 3.8) is 0 Å². The zero-order valence-electron chi connectivity index (χ0n) is 11.8. The summed E-state index contributed by atoms with van der Waals surface area (Å²) in [5.41, 5.74) is 0.00712. The number of carboxylic acids is 1. The van der Waals surface area contributed by atoms with Gasteiger partial charge in [-0.05, 0) is 32.9 Å². The number of carbonyl (C=O) groups excluding carboxylic acids is 1. The zero-order chi connectivity index (χ0) is 15.2. The molecule has 0 aliphatic rings. The number of ether oxygens (including phenoxy) is 2. The molecule has 0 spiro atoms. The average Bonchev–Trinajstić information content (AvgIpc) is 2.34. The van der Waals surface area contributed by atoms with Crippen LogP contribution in [0.5, 0.6) is 5.75 Å². The Hall–Kier alpha value is -2.08. The van der Waals surface area contributed by atoms with E-state index in [9.17, 15) is 9.59 Å². The molecule has 6 nitrogen and oxygen atoms in total. The second kappa shape index (κ2) is 6.91. The minimum atomic E-state index is -1.08. The van der Waals surface area contributed by atoms with Crippen LogP contribution in [0, 0.1) is 0 Å². The van der Waals surface area contributed by atoms with Crippen LogP contribution >= 0.6 is 0 Å². The summed E-state index contributed by atoms with van der Waals surface area (Å²) in [6.45, 7) is 5.00. The Kier molecular flexibility index (Phi) is 5.52. The highest BCUT2D eigenvalue weighted by Crippen LogP contribution is 2.23. The Morgan fingerprint density at radius 2 is 1.85 bits per heavy atom. The van der Waals surface area contributed by atoms with Crippen LogP contribution in [0.3, 0.4) is 0 Å². The second-order valence-electron chi connectivity index (χ2n) is 5.13. The van der Waals surface area contributed by atoms with Gasteiger partial charge in [-0.1, -0.05) is 12.1 Å². The summed E-state index contributed by atoms with van der Waals surface area (Å²) >= 11 is 0. The molecule has 0 unspecified atom stereocenters. The van der Waals surface area contributed by atoms with Gasteiger partial charge in [-0.3, -0.25) is 4.79 Å². The molecule has 0 atom stereocenters. The molecule has 6 heteroatoms. The van der Waals surface area contributed by atoms with E-state index >= 15 is 0 Å². The number of benzene rings is 1. The maximum Gasteiger partial charge on any atom is 0.341 e. The highest BCUT2D eigenvalue weighted by atomic mass is 16.5. The molecule has 0 aromatic heterocycles. The van der Waals surface area contributed by atoms with E-state index in [0.29, 0.717) is 11.4 Å². The van der Waals surface area contributed by atoms with Gasteiger partial charge < -0.3 is 19.9 Å². The van der Waals surface area contributed by atoms with Crippen molar-refractivity contribution in [2.24, 2.45) is 0 Å². The summed E-state index contributed by atoms with van der Waals surface area (Å²) in [7, 11) is 0. The summed E-state index contributed by atoms with van der Waals surface area (Å²) in [6, 6.07) is 6.63. The summed E-state index contributed by atoms with van der Waals surface area (Å²) in [4.78, 5) is 22.2. The highest BCUT2D eigenvalue weighted by molar-refractivity contribution is 5.93. The van der Waals surface area contributed by atoms with Crippen molar-refractivity contribution in [2.75, 3.05) is 18.5 Å². The van der Waals surface area contributed by atoms with Gasteiger partial charge in [0.05, 0.1) is 11.3 Å². The first-order valence-corrected chi connectivity index (χ1v) is 6.15. The van der Waals surface area contributed by atoms with E-state index in [0.717, 1.165) is 0 Å². The Balaban J connectivity index is 2.62. The molecule has 110 valence electrons. The Morgan fingerprint density at radius 1 is 1.20 bits per heavy atom. The predicted octanol–water partition coefficient (Wildman–Crippen LogP) is 1.90. The molecule has 2 N–H and O–H groups in total. The van der Waals surface area contributed by atoms with Gasteiger partial charge in [0, 0.05) is 0 Å². The van der Waals surface area contributed by atoms with E-state index in [-0.39, 0.29) is 12.5 Å². The van der Waals surface area contributed by atoms with Crippen LogP contribution in [-0.2, 0) is 14.3 Å². The summed E-state index contributed by atoms with van der Waals surface area (Å²) < 4.78 is 10.4. The molecule has 0 aliphatic heterocycles. The molecular weight excluding hydrogens is 262 g/mol. The summed E-state index contributed by atoms with van der Waals surface area (Å²) in [5.74, 6) is -1.10. The van der Waals surface area contributed by atoms with Gasteiger partial charge in [-0.15, -0.1) is 0 Å². The van der Waals surface area contributed by atoms with E-state index in [2.05, 4.69) is 5.32 Å². The Labute approximate surface area is 117 Å². The number of rotatable bonds is 6. The van der Waals surface area contributed by atoms with E-state index in [1.807, 2.05) is 20.8 Å². The molecule has 1 rings (SSSR count). The van der Waals surface area contributed by atoms with Crippen LogP contribution < -0.4 is 10.1 Å². The molecule has 1 amide bonds. The van der Waals surface area contributed by atoms with Crippen LogP contribution in [0.1, 0.15) is 20.8 Å². The zero-order valence-corrected chi connectivity index (χ0v) is 11.8. The summed E-state index contributed by atoms with van der Waals surface area (Å²) in [6.07, 6.45) is 0. The largest absolute Gasteiger partial charge is 0.480 e. The number of carbonyl (C=O) groups is 2. The van der Waals surface area contributed by atoms with Gasteiger partial charge in [0.25, 0.3) is 0 Å². The topological polar surface area (TPSA) is 84.9 Å². The van der Waals surface area contributed by atoms with Gasteiger partial charge in [-0.25, -0.2) is 4.79 Å². The molecule has 0 saturated heterocycles. The lowest BCUT2D eigenvalue weighted by molar-refractivity contribution is -0.139. The minimum absolute atomic E-state index is 0.0865. The standard InChI is InChI=1S/C14H19NO5/c1-14(2,3)20-8-12(16)15-10-6-4-5-7-11(10)19-9-13(17)18/h4-7H,8-9H2,1-3H3,(H,15,16)(H,17,18). The minimum Gasteiger partial charge on any atom is -0.480 e. The molecule has 0 aliphatic carbocycles. The fourth-order valence-corrected chi connectivity index (χ4v) is 1.30. The Morgan fingerprint density at radius 3 is 2.45 bits per heavy atom. The second-order valence-corrected chi connectivity index (χ2v) is 5.13. The van der Waals surface area contributed by atoms with Gasteiger partial charge in [0.1, 0.15) is 12.4 Å². The summed E-state index contributed by atoms with van der Waals surface area (Å²) in [5, 5.41) is 11.2. The van der Waals surface area contributed by atoms with Gasteiger partial charge >= 0.3 is 5.97 Å². The van der Waals surface area contributed by atoms with Crippen molar-refractivity contribution in [1.29, 1.82) is 0 Å². The Bertz CT molecular complexity index is 479. The monoisotopic (exact) mass is 281 g/mol. The third-order valence-electron chi connectivity index (χ3n) is 2.15. The lowest BCUT2D eigenvalue weighted by Gasteiger charge is -2.19. The molecule has 0 saturated carbocycles. The van der Waals surface area contributed by atoms with Crippen molar-refractivity contribution >= 4 is 17.6 Å². The number of hydrogen-bond donors (Lipinski definition) is 2. The van der Waals surface area contributed by atoms with E-state index in [1.54, 1.807) is 24.3 Å². The number of amides is 1. The maximum atomic E-state index is 11.7. The van der Waals surface area contributed by atoms with E-state index < -0.39 is 18.2 Å². The van der Waals surface area contributed by atoms with Crippen LogP contribution in [0.4, 0.5) is 5.69 Å². The van der Waals surface area contributed by atoms with E-state index in [1.165, 1.54) is 0 Å². The number of carboxylic acid groups (broad SMARTS) is 1. The first-order chi connectivity index (χ1) is 9.28. The van der Waals surface area contributed by atoms with Gasteiger partial charge in [0.15, 0.2) is 6.61 Å². The smallest absolute Gasteiger partial charge is 0.341 e. The molecule has 0 fully saturated rings. The first kappa shape index (κ1) is 16.0. The van der Waals surface area contributed by atoms with Crippen LogP contribution in [-0.4, -0.2) is 35.8 Å². The third-order valence-corrected chi connectivity index (χ3v) is 2.15.